The SMILES string of the molecule is Cc1cc(C)c(C(O)C(C2CC2)C2CC2)c(F)c1. The predicted molar refractivity (Wildman–Crippen MR) is 69.8 cm³/mol. The Kier molecular flexibility index (Phi) is 2.93. The van der Waals surface area contributed by atoms with Gasteiger partial charge in [-0.05, 0) is 74.5 Å². The highest BCUT2D eigenvalue weighted by Crippen LogP contribution is 2.54. The zero-order valence-corrected chi connectivity index (χ0v) is 11.1. The van der Waals surface area contributed by atoms with Crippen LogP contribution >= 0.6 is 0 Å². The van der Waals surface area contributed by atoms with Crippen molar-refractivity contribution in [2.75, 3.05) is 0 Å². The van der Waals surface area contributed by atoms with E-state index in [-0.39, 0.29) is 5.82 Å². The average Bonchev–Trinajstić information content (AvgIpc) is 3.10. The van der Waals surface area contributed by atoms with Gasteiger partial charge >= 0.3 is 0 Å². The highest BCUT2D eigenvalue weighted by atomic mass is 19.1. The van der Waals surface area contributed by atoms with Crippen LogP contribution in [0.2, 0.25) is 0 Å². The minimum atomic E-state index is -0.606. The van der Waals surface area contributed by atoms with E-state index in [2.05, 4.69) is 0 Å². The number of aliphatic hydroxyl groups excluding tert-OH is 1. The van der Waals surface area contributed by atoms with Gasteiger partial charge in [-0.3, -0.25) is 0 Å². The largest absolute Gasteiger partial charge is 0.388 e. The van der Waals surface area contributed by atoms with Gasteiger partial charge in [0.15, 0.2) is 0 Å². The molecule has 18 heavy (non-hydrogen) atoms. The van der Waals surface area contributed by atoms with Gasteiger partial charge in [-0.2, -0.15) is 0 Å². The third kappa shape index (κ3) is 2.18. The maximum Gasteiger partial charge on any atom is 0.129 e. The Bertz CT molecular complexity index is 425. The lowest BCUT2D eigenvalue weighted by Crippen LogP contribution is -2.19. The topological polar surface area (TPSA) is 20.2 Å². The molecule has 2 fully saturated rings. The van der Waals surface area contributed by atoms with Gasteiger partial charge in [-0.15, -0.1) is 0 Å². The summed E-state index contributed by atoms with van der Waals surface area (Å²) in [7, 11) is 0. The molecular formula is C16H21FO. The van der Waals surface area contributed by atoms with Crippen molar-refractivity contribution in [2.24, 2.45) is 17.8 Å². The molecule has 0 aromatic heterocycles. The third-order valence-electron chi connectivity index (χ3n) is 4.47. The van der Waals surface area contributed by atoms with Crippen LogP contribution in [0.3, 0.4) is 0 Å². The van der Waals surface area contributed by atoms with E-state index in [0.717, 1.165) is 11.1 Å². The van der Waals surface area contributed by atoms with E-state index in [9.17, 15) is 9.50 Å². The third-order valence-corrected chi connectivity index (χ3v) is 4.47. The van der Waals surface area contributed by atoms with E-state index in [4.69, 9.17) is 0 Å². The summed E-state index contributed by atoms with van der Waals surface area (Å²) in [6, 6.07) is 3.51. The van der Waals surface area contributed by atoms with Crippen molar-refractivity contribution >= 4 is 0 Å². The molecule has 0 radical (unpaired) electrons. The molecule has 0 spiro atoms. The minimum Gasteiger partial charge on any atom is -0.388 e. The zero-order valence-electron chi connectivity index (χ0n) is 11.1. The molecule has 98 valence electrons. The van der Waals surface area contributed by atoms with Crippen LogP contribution in [0.1, 0.15) is 48.5 Å². The van der Waals surface area contributed by atoms with Crippen molar-refractivity contribution in [3.63, 3.8) is 0 Å². The standard InChI is InChI=1S/C16H21FO/c1-9-7-10(2)14(13(17)8-9)16(18)15(11-3-4-11)12-5-6-12/h7-8,11-12,15-16,18H,3-6H2,1-2H3. The summed E-state index contributed by atoms with van der Waals surface area (Å²) >= 11 is 0. The molecule has 1 N–H and O–H groups in total. The quantitative estimate of drug-likeness (QED) is 0.856. The second-order valence-electron chi connectivity index (χ2n) is 6.17. The summed E-state index contributed by atoms with van der Waals surface area (Å²) in [6.07, 6.45) is 4.25. The second kappa shape index (κ2) is 4.34. The van der Waals surface area contributed by atoms with Crippen molar-refractivity contribution in [3.8, 4) is 0 Å². The lowest BCUT2D eigenvalue weighted by molar-refractivity contribution is 0.0783. The van der Waals surface area contributed by atoms with Gasteiger partial charge in [0.1, 0.15) is 5.82 Å². The van der Waals surface area contributed by atoms with Gasteiger partial charge in [0, 0.05) is 5.56 Å². The van der Waals surface area contributed by atoms with Gasteiger partial charge < -0.3 is 5.11 Å². The summed E-state index contributed by atoms with van der Waals surface area (Å²) in [4.78, 5) is 0. The maximum atomic E-state index is 14.1. The lowest BCUT2D eigenvalue weighted by Gasteiger charge is -2.25. The Labute approximate surface area is 108 Å². The molecule has 0 amide bonds. The molecule has 2 aliphatic rings. The van der Waals surface area contributed by atoms with Crippen LogP contribution in [-0.2, 0) is 0 Å². The molecule has 0 heterocycles. The predicted octanol–water partition coefficient (Wildman–Crippen LogP) is 3.91. The van der Waals surface area contributed by atoms with Crippen molar-refractivity contribution < 1.29 is 9.50 Å². The van der Waals surface area contributed by atoms with Gasteiger partial charge in [0.2, 0.25) is 0 Å². The number of aryl methyl sites for hydroxylation is 2. The fraction of sp³-hybridized carbons (Fsp3) is 0.625. The Balaban J connectivity index is 1.93. The Morgan fingerprint density at radius 3 is 2.11 bits per heavy atom. The molecule has 1 nitrogen and oxygen atoms in total. The van der Waals surface area contributed by atoms with Crippen molar-refractivity contribution in [2.45, 2.75) is 45.6 Å². The summed E-state index contributed by atoms with van der Waals surface area (Å²) in [5.74, 6) is 1.33. The maximum absolute atomic E-state index is 14.1. The molecule has 0 saturated heterocycles. The first-order valence-corrected chi connectivity index (χ1v) is 7.02. The second-order valence-corrected chi connectivity index (χ2v) is 6.17. The van der Waals surface area contributed by atoms with Crippen LogP contribution in [0.15, 0.2) is 12.1 Å². The van der Waals surface area contributed by atoms with Crippen LogP contribution in [0.4, 0.5) is 4.39 Å². The van der Waals surface area contributed by atoms with E-state index in [1.165, 1.54) is 25.7 Å². The van der Waals surface area contributed by atoms with Crippen LogP contribution in [0.5, 0.6) is 0 Å². The van der Waals surface area contributed by atoms with Gasteiger partial charge in [0.25, 0.3) is 0 Å². The van der Waals surface area contributed by atoms with Crippen LogP contribution in [0.25, 0.3) is 0 Å². The van der Waals surface area contributed by atoms with Crippen molar-refractivity contribution in [1.82, 2.24) is 0 Å². The monoisotopic (exact) mass is 248 g/mol. The summed E-state index contributed by atoms with van der Waals surface area (Å²) in [6.45, 7) is 3.80. The Morgan fingerprint density at radius 2 is 1.67 bits per heavy atom. The molecule has 0 bridgehead atoms. The zero-order chi connectivity index (χ0) is 12.9. The molecule has 1 aromatic carbocycles. The molecule has 0 aliphatic heterocycles. The number of benzene rings is 1. The van der Waals surface area contributed by atoms with Crippen LogP contribution in [0, 0.1) is 37.4 Å². The van der Waals surface area contributed by atoms with E-state index in [1.807, 2.05) is 19.9 Å². The first-order valence-electron chi connectivity index (χ1n) is 7.02. The normalized spacial score (nSPS) is 21.4. The first-order chi connectivity index (χ1) is 8.58. The number of rotatable bonds is 4. The highest BCUT2D eigenvalue weighted by molar-refractivity contribution is 5.34. The average molecular weight is 248 g/mol. The van der Waals surface area contributed by atoms with Crippen LogP contribution in [-0.4, -0.2) is 5.11 Å². The number of halogens is 1. The molecule has 2 heteroatoms. The molecule has 2 aliphatic carbocycles. The molecular weight excluding hydrogens is 227 g/mol. The summed E-state index contributed by atoms with van der Waals surface area (Å²) in [5, 5.41) is 10.6. The van der Waals surface area contributed by atoms with Crippen molar-refractivity contribution in [1.29, 1.82) is 0 Å². The summed E-state index contributed by atoms with van der Waals surface area (Å²) in [5.41, 5.74) is 2.37. The molecule has 1 aromatic rings. The Hall–Kier alpha value is -0.890. The minimum absolute atomic E-state index is 0.230. The van der Waals surface area contributed by atoms with E-state index in [1.54, 1.807) is 6.07 Å². The van der Waals surface area contributed by atoms with E-state index in [0.29, 0.717) is 23.3 Å². The molecule has 3 rings (SSSR count). The van der Waals surface area contributed by atoms with Gasteiger partial charge in [-0.25, -0.2) is 4.39 Å². The molecule has 1 atom stereocenters. The smallest absolute Gasteiger partial charge is 0.129 e. The number of hydrogen-bond acceptors (Lipinski definition) is 1. The fourth-order valence-corrected chi connectivity index (χ4v) is 3.36. The van der Waals surface area contributed by atoms with E-state index < -0.39 is 6.10 Å². The Morgan fingerprint density at radius 1 is 1.11 bits per heavy atom. The van der Waals surface area contributed by atoms with Crippen molar-refractivity contribution in [3.05, 3.63) is 34.6 Å². The molecule has 1 unspecified atom stereocenters. The summed E-state index contributed by atoms with van der Waals surface area (Å²) < 4.78 is 14.1. The number of hydrogen-bond donors (Lipinski definition) is 1. The van der Waals surface area contributed by atoms with Crippen LogP contribution < -0.4 is 0 Å². The highest BCUT2D eigenvalue weighted by Gasteiger charge is 2.46. The first kappa shape index (κ1) is 12.2. The lowest BCUT2D eigenvalue weighted by atomic mass is 9.85. The fourth-order valence-electron chi connectivity index (χ4n) is 3.36. The molecule has 2 saturated carbocycles. The van der Waals surface area contributed by atoms with Gasteiger partial charge in [-0.1, -0.05) is 6.07 Å². The van der Waals surface area contributed by atoms with E-state index >= 15 is 0 Å². The van der Waals surface area contributed by atoms with Gasteiger partial charge in [0.05, 0.1) is 6.10 Å². The number of aliphatic hydroxyl groups is 1.